The number of hydrogen-bond donors (Lipinski definition) is 1. The van der Waals surface area contributed by atoms with Gasteiger partial charge in [-0.1, -0.05) is 61.9 Å². The van der Waals surface area contributed by atoms with Crippen LogP contribution in [0.1, 0.15) is 25.3 Å². The number of para-hydroxylation sites is 1. The van der Waals surface area contributed by atoms with E-state index in [1.807, 2.05) is 67.0 Å². The van der Waals surface area contributed by atoms with E-state index in [1.54, 1.807) is 0 Å². The van der Waals surface area contributed by atoms with Crippen LogP contribution in [-0.2, 0) is 13.2 Å². The van der Waals surface area contributed by atoms with Crippen LogP contribution in [0, 0.1) is 0 Å². The summed E-state index contributed by atoms with van der Waals surface area (Å²) in [5.41, 5.74) is 3.48. The van der Waals surface area contributed by atoms with Crippen molar-refractivity contribution < 1.29 is 4.74 Å². The Hall–Kier alpha value is -3.41. The van der Waals surface area contributed by atoms with Gasteiger partial charge in [-0.2, -0.15) is 9.97 Å². The lowest BCUT2D eigenvalue weighted by atomic mass is 10.2. The number of unbranched alkanes of at least 4 members (excludes halogenated alkanes) is 1. The van der Waals surface area contributed by atoms with Crippen LogP contribution in [0.15, 0.2) is 67.0 Å². The largest absolute Gasteiger partial charge is 0.471 e. The fourth-order valence-electron chi connectivity index (χ4n) is 2.94. The van der Waals surface area contributed by atoms with E-state index in [9.17, 15) is 0 Å². The van der Waals surface area contributed by atoms with E-state index in [4.69, 9.17) is 9.72 Å². The molecule has 1 N–H and O–H groups in total. The molecule has 0 unspecified atom stereocenters. The number of aryl methyl sites for hydroxylation is 1. The molecule has 6 nitrogen and oxygen atoms in total. The topological polar surface area (TPSA) is 64.9 Å². The van der Waals surface area contributed by atoms with Crippen LogP contribution in [0.3, 0.4) is 0 Å². The molecule has 2 aromatic heterocycles. The van der Waals surface area contributed by atoms with Gasteiger partial charge in [0.15, 0.2) is 11.2 Å². The molecule has 0 saturated heterocycles. The number of benzene rings is 2. The maximum atomic E-state index is 6.03. The molecule has 142 valence electrons. The number of hydrogen-bond acceptors (Lipinski definition) is 5. The van der Waals surface area contributed by atoms with Gasteiger partial charge in [0.1, 0.15) is 6.61 Å². The minimum absolute atomic E-state index is 0.430. The minimum Gasteiger partial charge on any atom is -0.471 e. The van der Waals surface area contributed by atoms with Crippen LogP contribution in [0.4, 0.5) is 11.6 Å². The smallest absolute Gasteiger partial charge is 0.247 e. The third kappa shape index (κ3) is 4.11. The highest BCUT2D eigenvalue weighted by atomic mass is 16.5. The zero-order valence-corrected chi connectivity index (χ0v) is 15.9. The van der Waals surface area contributed by atoms with Crippen LogP contribution in [-0.4, -0.2) is 19.5 Å². The van der Waals surface area contributed by atoms with Gasteiger partial charge in [-0.3, -0.25) is 0 Å². The van der Waals surface area contributed by atoms with Gasteiger partial charge in [-0.25, -0.2) is 4.98 Å². The highest BCUT2D eigenvalue weighted by Crippen LogP contribution is 2.25. The molecule has 6 heteroatoms. The number of fused-ring (bicyclic) bond motifs is 1. The van der Waals surface area contributed by atoms with E-state index < -0.39 is 0 Å². The Kier molecular flexibility index (Phi) is 5.47. The summed E-state index contributed by atoms with van der Waals surface area (Å²) in [7, 11) is 0. The number of nitrogens with one attached hydrogen (secondary N) is 1. The zero-order valence-electron chi connectivity index (χ0n) is 15.9. The van der Waals surface area contributed by atoms with E-state index in [1.165, 1.54) is 0 Å². The number of rotatable bonds is 8. The van der Waals surface area contributed by atoms with Crippen molar-refractivity contribution in [3.63, 3.8) is 0 Å². The second kappa shape index (κ2) is 8.52. The standard InChI is InChI=1S/C22H23N5O/c1-2-3-14-27-16-23-19-20(27)25-22(24-18-12-8-5-9-13-18)26-21(19)28-15-17-10-6-4-7-11-17/h4-13,16H,2-3,14-15H2,1H3,(H,24,25,26). The van der Waals surface area contributed by atoms with Crippen LogP contribution in [0.25, 0.3) is 11.2 Å². The molecule has 0 atom stereocenters. The number of nitrogens with zero attached hydrogens (tertiary/aromatic N) is 4. The average Bonchev–Trinajstić information content (AvgIpc) is 3.15. The van der Waals surface area contributed by atoms with Gasteiger partial charge < -0.3 is 14.6 Å². The summed E-state index contributed by atoms with van der Waals surface area (Å²) >= 11 is 0. The molecular formula is C22H23N5O. The monoisotopic (exact) mass is 373 g/mol. The van der Waals surface area contributed by atoms with Crippen molar-refractivity contribution in [2.45, 2.75) is 32.9 Å². The summed E-state index contributed by atoms with van der Waals surface area (Å²) in [4.78, 5) is 13.8. The average molecular weight is 373 g/mol. The maximum Gasteiger partial charge on any atom is 0.247 e. The Labute approximate surface area is 164 Å². The molecule has 0 aliphatic rings. The molecule has 0 aliphatic carbocycles. The first-order valence-electron chi connectivity index (χ1n) is 9.55. The summed E-state index contributed by atoms with van der Waals surface area (Å²) in [6.07, 6.45) is 3.99. The van der Waals surface area contributed by atoms with Gasteiger partial charge in [0, 0.05) is 12.2 Å². The lowest BCUT2D eigenvalue weighted by Gasteiger charge is -2.10. The first kappa shape index (κ1) is 18.0. The van der Waals surface area contributed by atoms with Crippen molar-refractivity contribution in [2.75, 3.05) is 5.32 Å². The molecule has 0 spiro atoms. The zero-order chi connectivity index (χ0) is 19.2. The van der Waals surface area contributed by atoms with Gasteiger partial charge in [0.05, 0.1) is 6.33 Å². The molecule has 28 heavy (non-hydrogen) atoms. The minimum atomic E-state index is 0.430. The summed E-state index contributed by atoms with van der Waals surface area (Å²) in [5.74, 6) is 0.988. The molecule has 4 rings (SSSR count). The van der Waals surface area contributed by atoms with Gasteiger partial charge in [0.2, 0.25) is 11.8 Å². The first-order chi connectivity index (χ1) is 13.8. The number of aromatic nitrogens is 4. The molecule has 0 radical (unpaired) electrons. The second-order valence-electron chi connectivity index (χ2n) is 6.58. The van der Waals surface area contributed by atoms with Crippen LogP contribution in [0.5, 0.6) is 5.88 Å². The predicted molar refractivity (Wildman–Crippen MR) is 111 cm³/mol. The van der Waals surface area contributed by atoms with Crippen molar-refractivity contribution in [1.82, 2.24) is 19.5 Å². The summed E-state index contributed by atoms with van der Waals surface area (Å²) in [5, 5.41) is 3.26. The second-order valence-corrected chi connectivity index (χ2v) is 6.58. The van der Waals surface area contributed by atoms with Crippen molar-refractivity contribution in [3.8, 4) is 5.88 Å². The molecular weight excluding hydrogens is 350 g/mol. The first-order valence-corrected chi connectivity index (χ1v) is 9.55. The van der Waals surface area contributed by atoms with E-state index in [0.29, 0.717) is 24.0 Å². The Bertz CT molecular complexity index is 1030. The Morgan fingerprint density at radius 1 is 0.964 bits per heavy atom. The Balaban J connectivity index is 1.67. The van der Waals surface area contributed by atoms with Crippen LogP contribution in [0.2, 0.25) is 0 Å². The molecule has 0 amide bonds. The van der Waals surface area contributed by atoms with E-state index in [0.717, 1.165) is 36.3 Å². The van der Waals surface area contributed by atoms with Crippen molar-refractivity contribution in [3.05, 3.63) is 72.6 Å². The molecule has 4 aromatic rings. The lowest BCUT2D eigenvalue weighted by molar-refractivity contribution is 0.297. The SMILES string of the molecule is CCCCn1cnc2c(OCc3ccccc3)nc(Nc3ccccc3)nc21. The Morgan fingerprint density at radius 2 is 1.71 bits per heavy atom. The number of anilines is 2. The normalized spacial score (nSPS) is 10.9. The fraction of sp³-hybridized carbons (Fsp3) is 0.227. The number of ether oxygens (including phenoxy) is 1. The quantitative estimate of drug-likeness (QED) is 0.473. The highest BCUT2D eigenvalue weighted by molar-refractivity contribution is 5.78. The molecule has 2 heterocycles. The third-order valence-electron chi connectivity index (χ3n) is 4.43. The summed E-state index contributed by atoms with van der Waals surface area (Å²) in [6, 6.07) is 19.9. The Morgan fingerprint density at radius 3 is 2.46 bits per heavy atom. The van der Waals surface area contributed by atoms with Gasteiger partial charge in [-0.05, 0) is 24.1 Å². The van der Waals surface area contributed by atoms with Crippen molar-refractivity contribution in [2.24, 2.45) is 0 Å². The fourth-order valence-corrected chi connectivity index (χ4v) is 2.94. The van der Waals surface area contributed by atoms with Gasteiger partial charge in [-0.15, -0.1) is 0 Å². The van der Waals surface area contributed by atoms with E-state index >= 15 is 0 Å². The van der Waals surface area contributed by atoms with Gasteiger partial charge >= 0.3 is 0 Å². The third-order valence-corrected chi connectivity index (χ3v) is 4.43. The van der Waals surface area contributed by atoms with Crippen LogP contribution >= 0.6 is 0 Å². The van der Waals surface area contributed by atoms with Crippen LogP contribution < -0.4 is 10.1 Å². The summed E-state index contributed by atoms with van der Waals surface area (Å²) < 4.78 is 8.10. The molecule has 0 bridgehead atoms. The lowest BCUT2D eigenvalue weighted by Crippen LogP contribution is -2.05. The van der Waals surface area contributed by atoms with Crippen molar-refractivity contribution in [1.29, 1.82) is 0 Å². The van der Waals surface area contributed by atoms with E-state index in [2.05, 4.69) is 26.8 Å². The molecule has 0 aliphatic heterocycles. The van der Waals surface area contributed by atoms with Gasteiger partial charge in [0.25, 0.3) is 0 Å². The molecule has 2 aromatic carbocycles. The number of imidazole rings is 1. The molecule has 0 saturated carbocycles. The molecule has 0 fully saturated rings. The van der Waals surface area contributed by atoms with E-state index in [-0.39, 0.29) is 0 Å². The maximum absolute atomic E-state index is 6.03. The van der Waals surface area contributed by atoms with Crippen molar-refractivity contribution >= 4 is 22.8 Å². The summed E-state index contributed by atoms with van der Waals surface area (Å²) in [6.45, 7) is 3.47. The predicted octanol–water partition coefficient (Wildman–Crippen LogP) is 4.95. The highest BCUT2D eigenvalue weighted by Gasteiger charge is 2.15.